The normalized spacial score (nSPS) is 15.3. The maximum atomic E-state index is 13.2. The van der Waals surface area contributed by atoms with E-state index in [1.54, 1.807) is 0 Å². The zero-order valence-corrected chi connectivity index (χ0v) is 16.0. The maximum absolute atomic E-state index is 13.2. The number of pyridine rings is 1. The molecule has 0 aliphatic carbocycles. The number of amides is 1. The largest absolute Gasteiger partial charge is 0.371 e. The first-order valence-electron chi connectivity index (χ1n) is 9.35. The van der Waals surface area contributed by atoms with E-state index in [-0.39, 0.29) is 5.91 Å². The minimum Gasteiger partial charge on any atom is -0.371 e. The Kier molecular flexibility index (Phi) is 4.56. The standard InChI is InChI=1S/C21H24N4O2/c1-14-13-18(19-15(2)23-27-20(19)22-14)21(26)25-11-9-17(10-12-25)24(3)16-7-5-4-6-8-16/h4-8,13,17H,9-12H2,1-3H3. The lowest BCUT2D eigenvalue weighted by atomic mass is 10.0. The molecule has 1 saturated heterocycles. The van der Waals surface area contributed by atoms with Crippen molar-refractivity contribution in [3.05, 3.63) is 53.3 Å². The Bertz CT molecular complexity index is 959. The lowest BCUT2D eigenvalue weighted by Crippen LogP contribution is -2.45. The van der Waals surface area contributed by atoms with Gasteiger partial charge in [0.05, 0.1) is 16.6 Å². The molecule has 2 aromatic heterocycles. The van der Waals surface area contributed by atoms with Crippen molar-refractivity contribution in [1.82, 2.24) is 15.0 Å². The fourth-order valence-corrected chi connectivity index (χ4v) is 3.89. The number of fused-ring (bicyclic) bond motifs is 1. The molecule has 0 N–H and O–H groups in total. The highest BCUT2D eigenvalue weighted by Crippen LogP contribution is 2.26. The van der Waals surface area contributed by atoms with E-state index in [9.17, 15) is 4.79 Å². The third-order valence-electron chi connectivity index (χ3n) is 5.44. The number of hydrogen-bond donors (Lipinski definition) is 0. The van der Waals surface area contributed by atoms with Crippen molar-refractivity contribution < 1.29 is 9.32 Å². The van der Waals surface area contributed by atoms with Crippen LogP contribution in [0, 0.1) is 13.8 Å². The summed E-state index contributed by atoms with van der Waals surface area (Å²) in [5.41, 5.74) is 3.77. The molecule has 1 amide bonds. The summed E-state index contributed by atoms with van der Waals surface area (Å²) in [6.45, 7) is 5.21. The molecular formula is C21H24N4O2. The average Bonchev–Trinajstić information content (AvgIpc) is 3.07. The van der Waals surface area contributed by atoms with Crippen LogP contribution in [-0.4, -0.2) is 47.1 Å². The smallest absolute Gasteiger partial charge is 0.258 e. The molecule has 0 spiro atoms. The number of aromatic nitrogens is 2. The molecule has 0 atom stereocenters. The van der Waals surface area contributed by atoms with E-state index in [1.165, 1.54) is 5.69 Å². The van der Waals surface area contributed by atoms with E-state index in [4.69, 9.17) is 4.52 Å². The van der Waals surface area contributed by atoms with Crippen molar-refractivity contribution in [2.75, 3.05) is 25.0 Å². The first-order valence-corrected chi connectivity index (χ1v) is 9.35. The van der Waals surface area contributed by atoms with Gasteiger partial charge in [-0.05, 0) is 44.9 Å². The van der Waals surface area contributed by atoms with Crippen molar-refractivity contribution in [2.45, 2.75) is 32.7 Å². The number of carbonyl (C=O) groups is 1. The molecular weight excluding hydrogens is 340 g/mol. The summed E-state index contributed by atoms with van der Waals surface area (Å²) in [4.78, 5) is 21.8. The minimum absolute atomic E-state index is 0.0395. The summed E-state index contributed by atoms with van der Waals surface area (Å²) >= 11 is 0. The van der Waals surface area contributed by atoms with Gasteiger partial charge in [-0.3, -0.25) is 4.79 Å². The number of para-hydroxylation sites is 1. The van der Waals surface area contributed by atoms with E-state index in [0.29, 0.717) is 23.0 Å². The van der Waals surface area contributed by atoms with Crippen LogP contribution in [0.4, 0.5) is 5.69 Å². The molecule has 0 bridgehead atoms. The zero-order chi connectivity index (χ0) is 19.0. The molecule has 1 aliphatic heterocycles. The number of hydrogen-bond acceptors (Lipinski definition) is 5. The molecule has 1 aliphatic rings. The minimum atomic E-state index is 0.0395. The third kappa shape index (κ3) is 3.27. The molecule has 4 rings (SSSR count). The Hall–Kier alpha value is -2.89. The molecule has 1 aromatic carbocycles. The maximum Gasteiger partial charge on any atom is 0.258 e. The second kappa shape index (κ2) is 7.02. The van der Waals surface area contributed by atoms with E-state index in [0.717, 1.165) is 37.0 Å². The van der Waals surface area contributed by atoms with Crippen molar-refractivity contribution in [3.8, 4) is 0 Å². The second-order valence-electron chi connectivity index (χ2n) is 7.23. The first kappa shape index (κ1) is 17.5. The number of rotatable bonds is 3. The molecule has 0 saturated carbocycles. The number of likely N-dealkylation sites (tertiary alicyclic amines) is 1. The number of benzene rings is 1. The molecule has 6 nitrogen and oxygen atoms in total. The summed E-state index contributed by atoms with van der Waals surface area (Å²) in [6.07, 6.45) is 1.90. The molecule has 1 fully saturated rings. The summed E-state index contributed by atoms with van der Waals surface area (Å²) in [5.74, 6) is 0.0395. The SMILES string of the molecule is Cc1cc(C(=O)N2CCC(N(C)c3ccccc3)CC2)c2c(C)noc2n1. The van der Waals surface area contributed by atoms with Gasteiger partial charge in [0.1, 0.15) is 0 Å². The number of anilines is 1. The predicted molar refractivity (Wildman–Crippen MR) is 105 cm³/mol. The predicted octanol–water partition coefficient (Wildman–Crippen LogP) is 3.58. The summed E-state index contributed by atoms with van der Waals surface area (Å²) < 4.78 is 5.27. The van der Waals surface area contributed by atoms with Crippen LogP contribution in [0.3, 0.4) is 0 Å². The fraction of sp³-hybridized carbons (Fsp3) is 0.381. The van der Waals surface area contributed by atoms with Gasteiger partial charge in [-0.2, -0.15) is 0 Å². The van der Waals surface area contributed by atoms with Gasteiger partial charge in [0.25, 0.3) is 11.6 Å². The van der Waals surface area contributed by atoms with Crippen LogP contribution < -0.4 is 4.90 Å². The van der Waals surface area contributed by atoms with E-state index >= 15 is 0 Å². The number of aryl methyl sites for hydroxylation is 2. The quantitative estimate of drug-likeness (QED) is 0.711. The number of piperidine rings is 1. The highest BCUT2D eigenvalue weighted by Gasteiger charge is 2.28. The topological polar surface area (TPSA) is 62.5 Å². The monoisotopic (exact) mass is 364 g/mol. The van der Waals surface area contributed by atoms with E-state index in [2.05, 4.69) is 46.4 Å². The molecule has 27 heavy (non-hydrogen) atoms. The molecule has 0 unspecified atom stereocenters. The molecule has 3 heterocycles. The highest BCUT2D eigenvalue weighted by atomic mass is 16.5. The number of carbonyl (C=O) groups excluding carboxylic acids is 1. The van der Waals surface area contributed by atoms with Crippen molar-refractivity contribution in [3.63, 3.8) is 0 Å². The van der Waals surface area contributed by atoms with Crippen LogP contribution in [0.2, 0.25) is 0 Å². The van der Waals surface area contributed by atoms with Gasteiger partial charge < -0.3 is 14.3 Å². The molecule has 0 radical (unpaired) electrons. The van der Waals surface area contributed by atoms with Crippen LogP contribution in [-0.2, 0) is 0 Å². The third-order valence-corrected chi connectivity index (χ3v) is 5.44. The van der Waals surface area contributed by atoms with Crippen LogP contribution in [0.1, 0.15) is 34.6 Å². The first-order chi connectivity index (χ1) is 13.0. The molecule has 140 valence electrons. The zero-order valence-electron chi connectivity index (χ0n) is 16.0. The Morgan fingerprint density at radius 1 is 1.19 bits per heavy atom. The van der Waals surface area contributed by atoms with Crippen molar-refractivity contribution >= 4 is 22.7 Å². The van der Waals surface area contributed by atoms with Gasteiger partial charge in [-0.1, -0.05) is 23.4 Å². The van der Waals surface area contributed by atoms with Crippen LogP contribution in [0.15, 0.2) is 40.9 Å². The Labute approximate surface area is 158 Å². The van der Waals surface area contributed by atoms with Crippen LogP contribution in [0.5, 0.6) is 0 Å². The van der Waals surface area contributed by atoms with Gasteiger partial charge in [0.15, 0.2) is 0 Å². The van der Waals surface area contributed by atoms with E-state index < -0.39 is 0 Å². The molecule has 3 aromatic rings. The van der Waals surface area contributed by atoms with Gasteiger partial charge in [-0.15, -0.1) is 0 Å². The lowest BCUT2D eigenvalue weighted by molar-refractivity contribution is 0.0715. The van der Waals surface area contributed by atoms with Gasteiger partial charge in [0.2, 0.25) is 0 Å². The van der Waals surface area contributed by atoms with Gasteiger partial charge >= 0.3 is 0 Å². The lowest BCUT2D eigenvalue weighted by Gasteiger charge is -2.38. The van der Waals surface area contributed by atoms with Gasteiger partial charge in [0, 0.05) is 37.6 Å². The Morgan fingerprint density at radius 2 is 1.89 bits per heavy atom. The molecule has 6 heteroatoms. The van der Waals surface area contributed by atoms with Crippen molar-refractivity contribution in [2.24, 2.45) is 0 Å². The second-order valence-corrected chi connectivity index (χ2v) is 7.23. The average molecular weight is 364 g/mol. The van der Waals surface area contributed by atoms with Crippen LogP contribution in [0.25, 0.3) is 11.1 Å². The number of nitrogens with zero attached hydrogens (tertiary/aromatic N) is 4. The van der Waals surface area contributed by atoms with E-state index in [1.807, 2.05) is 30.9 Å². The summed E-state index contributed by atoms with van der Waals surface area (Å²) in [7, 11) is 2.13. The van der Waals surface area contributed by atoms with Gasteiger partial charge in [-0.25, -0.2) is 4.98 Å². The highest BCUT2D eigenvalue weighted by molar-refractivity contribution is 6.06. The Balaban J connectivity index is 1.50. The van der Waals surface area contributed by atoms with Crippen LogP contribution >= 0.6 is 0 Å². The summed E-state index contributed by atoms with van der Waals surface area (Å²) in [5, 5.41) is 4.71. The fourth-order valence-electron chi connectivity index (χ4n) is 3.89. The summed E-state index contributed by atoms with van der Waals surface area (Å²) in [6, 6.07) is 12.7. The Morgan fingerprint density at radius 3 is 2.59 bits per heavy atom. The van der Waals surface area contributed by atoms with Crippen molar-refractivity contribution in [1.29, 1.82) is 0 Å².